The molecule has 0 aliphatic carbocycles. The number of fused-ring (bicyclic) bond motifs is 1. The molecule has 1 aromatic carbocycles. The van der Waals surface area contributed by atoms with Crippen molar-refractivity contribution in [2.45, 2.75) is 31.2 Å². The third kappa shape index (κ3) is 3.20. The average molecular weight is 329 g/mol. The Morgan fingerprint density at radius 3 is 2.76 bits per heavy atom. The van der Waals surface area contributed by atoms with Gasteiger partial charge in [0.05, 0.1) is 11.7 Å². The molecule has 1 aromatic heterocycles. The van der Waals surface area contributed by atoms with Crippen LogP contribution in [0.15, 0.2) is 23.1 Å². The largest absolute Gasteiger partial charge is 0.480 e. The van der Waals surface area contributed by atoms with Gasteiger partial charge in [-0.3, -0.25) is 4.79 Å². The second-order valence-electron chi connectivity index (χ2n) is 4.71. The highest BCUT2D eigenvalue weighted by molar-refractivity contribution is 7.89. The van der Waals surface area contributed by atoms with Crippen molar-refractivity contribution in [1.82, 2.24) is 13.5 Å². The molecule has 0 aliphatic heterocycles. The lowest BCUT2D eigenvalue weighted by Crippen LogP contribution is -2.44. The SMILES string of the molecule is CC[C@H](C)[C@@H](NS(=O)(=O)c1cccc2nsnc12)C(=O)O. The molecule has 2 aromatic rings. The number of carbonyl (C=O) groups is 1. The fraction of sp³-hybridized carbons (Fsp3) is 0.417. The predicted octanol–water partition coefficient (Wildman–Crippen LogP) is 1.47. The van der Waals surface area contributed by atoms with Crippen LogP contribution < -0.4 is 4.72 Å². The quantitative estimate of drug-likeness (QED) is 0.830. The maximum Gasteiger partial charge on any atom is 0.322 e. The lowest BCUT2D eigenvalue weighted by molar-refractivity contribution is -0.140. The number of benzene rings is 1. The molecule has 0 spiro atoms. The van der Waals surface area contributed by atoms with Gasteiger partial charge in [-0.2, -0.15) is 13.5 Å². The van der Waals surface area contributed by atoms with Crippen LogP contribution in [-0.2, 0) is 14.8 Å². The van der Waals surface area contributed by atoms with Crippen LogP contribution in [0.2, 0.25) is 0 Å². The third-order valence-corrected chi connectivity index (χ3v) is 5.31. The fourth-order valence-corrected chi connectivity index (χ4v) is 3.94. The lowest BCUT2D eigenvalue weighted by Gasteiger charge is -2.20. The van der Waals surface area contributed by atoms with E-state index in [-0.39, 0.29) is 16.3 Å². The summed E-state index contributed by atoms with van der Waals surface area (Å²) in [5, 5.41) is 9.21. The molecule has 21 heavy (non-hydrogen) atoms. The molecule has 2 N–H and O–H groups in total. The van der Waals surface area contributed by atoms with Crippen LogP contribution in [0.25, 0.3) is 11.0 Å². The van der Waals surface area contributed by atoms with E-state index < -0.39 is 22.0 Å². The Morgan fingerprint density at radius 2 is 2.14 bits per heavy atom. The average Bonchev–Trinajstić information content (AvgIpc) is 2.91. The molecule has 9 heteroatoms. The van der Waals surface area contributed by atoms with Crippen LogP contribution in [0.3, 0.4) is 0 Å². The maximum absolute atomic E-state index is 12.4. The highest BCUT2D eigenvalue weighted by Crippen LogP contribution is 2.22. The second-order valence-corrected chi connectivity index (χ2v) is 6.92. The van der Waals surface area contributed by atoms with Crippen LogP contribution in [-0.4, -0.2) is 34.3 Å². The number of hydrogen-bond donors (Lipinski definition) is 2. The Bertz CT molecular complexity index is 757. The number of nitrogens with one attached hydrogen (secondary N) is 1. The van der Waals surface area contributed by atoms with Crippen molar-refractivity contribution in [2.75, 3.05) is 0 Å². The summed E-state index contributed by atoms with van der Waals surface area (Å²) in [6, 6.07) is 3.42. The molecule has 0 unspecified atom stereocenters. The highest BCUT2D eigenvalue weighted by atomic mass is 32.2. The summed E-state index contributed by atoms with van der Waals surface area (Å²) in [4.78, 5) is 11.2. The highest BCUT2D eigenvalue weighted by Gasteiger charge is 2.30. The van der Waals surface area contributed by atoms with Crippen LogP contribution in [0, 0.1) is 5.92 Å². The second kappa shape index (κ2) is 6.04. The van der Waals surface area contributed by atoms with Crippen molar-refractivity contribution in [3.8, 4) is 0 Å². The molecule has 0 radical (unpaired) electrons. The number of aromatic nitrogens is 2. The van der Waals surface area contributed by atoms with Crippen molar-refractivity contribution in [1.29, 1.82) is 0 Å². The van der Waals surface area contributed by atoms with Crippen LogP contribution >= 0.6 is 11.7 Å². The first-order chi connectivity index (χ1) is 9.86. The van der Waals surface area contributed by atoms with Gasteiger partial charge < -0.3 is 5.11 Å². The zero-order chi connectivity index (χ0) is 15.6. The molecule has 7 nitrogen and oxygen atoms in total. The minimum absolute atomic E-state index is 0.0525. The molecular weight excluding hydrogens is 314 g/mol. The molecule has 0 fully saturated rings. The van der Waals surface area contributed by atoms with Gasteiger partial charge in [0.25, 0.3) is 0 Å². The standard InChI is InChI=1S/C12H15N3O4S2/c1-3-7(2)10(12(16)17)15-21(18,19)9-6-4-5-8-11(9)14-20-13-8/h4-7,10,15H,3H2,1-2H3,(H,16,17)/t7-,10+/m0/s1. The molecule has 1 heterocycles. The summed E-state index contributed by atoms with van der Waals surface area (Å²) in [6.07, 6.45) is 0.544. The molecule has 0 amide bonds. The molecule has 2 rings (SSSR count). The Labute approximate surface area is 126 Å². The van der Waals surface area contributed by atoms with Gasteiger partial charge in [0.15, 0.2) is 0 Å². The predicted molar refractivity (Wildman–Crippen MR) is 78.6 cm³/mol. The van der Waals surface area contributed by atoms with Gasteiger partial charge in [-0.05, 0) is 18.1 Å². The minimum atomic E-state index is -3.98. The first-order valence-corrected chi connectivity index (χ1v) is 8.54. The molecule has 0 saturated carbocycles. The number of sulfonamides is 1. The van der Waals surface area contributed by atoms with Crippen molar-refractivity contribution in [2.24, 2.45) is 5.92 Å². The normalized spacial score (nSPS) is 15.0. The van der Waals surface area contributed by atoms with E-state index in [0.717, 1.165) is 11.7 Å². The number of rotatable bonds is 6. The maximum atomic E-state index is 12.4. The zero-order valence-corrected chi connectivity index (χ0v) is 13.1. The number of carboxylic acids is 1. The number of nitrogens with zero attached hydrogens (tertiary/aromatic N) is 2. The van der Waals surface area contributed by atoms with Crippen molar-refractivity contribution < 1.29 is 18.3 Å². The first kappa shape index (κ1) is 15.8. The van der Waals surface area contributed by atoms with E-state index in [1.165, 1.54) is 6.07 Å². The van der Waals surface area contributed by atoms with Crippen molar-refractivity contribution in [3.05, 3.63) is 18.2 Å². The van der Waals surface area contributed by atoms with E-state index >= 15 is 0 Å². The van der Waals surface area contributed by atoms with E-state index in [0.29, 0.717) is 11.9 Å². The summed E-state index contributed by atoms with van der Waals surface area (Å²) in [5.74, 6) is -1.53. The van der Waals surface area contributed by atoms with E-state index in [1.807, 2.05) is 0 Å². The summed E-state index contributed by atoms with van der Waals surface area (Å²) in [7, 11) is -3.98. The topological polar surface area (TPSA) is 109 Å². The summed E-state index contributed by atoms with van der Waals surface area (Å²) in [5.41, 5.74) is 0.724. The Morgan fingerprint density at radius 1 is 1.43 bits per heavy atom. The molecule has 0 bridgehead atoms. The van der Waals surface area contributed by atoms with Gasteiger partial charge in [-0.1, -0.05) is 26.3 Å². The summed E-state index contributed by atoms with van der Waals surface area (Å²) >= 11 is 0.911. The monoisotopic (exact) mass is 329 g/mol. The van der Waals surface area contributed by atoms with Crippen LogP contribution in [0.5, 0.6) is 0 Å². The Kier molecular flexibility index (Phi) is 4.55. The molecule has 0 saturated heterocycles. The van der Waals surface area contributed by atoms with E-state index in [1.54, 1.807) is 26.0 Å². The Hall–Kier alpha value is -1.58. The smallest absolute Gasteiger partial charge is 0.322 e. The van der Waals surface area contributed by atoms with E-state index in [9.17, 15) is 18.3 Å². The van der Waals surface area contributed by atoms with Crippen molar-refractivity contribution >= 4 is 38.8 Å². The minimum Gasteiger partial charge on any atom is -0.480 e. The van der Waals surface area contributed by atoms with E-state index in [4.69, 9.17) is 0 Å². The molecular formula is C12H15N3O4S2. The fourth-order valence-electron chi connectivity index (χ4n) is 1.87. The molecule has 0 aliphatic rings. The number of hydrogen-bond acceptors (Lipinski definition) is 6. The number of carboxylic acid groups (broad SMARTS) is 1. The van der Waals surface area contributed by atoms with Gasteiger partial charge in [0, 0.05) is 0 Å². The Balaban J connectivity index is 2.42. The third-order valence-electron chi connectivity index (χ3n) is 3.30. The molecule has 2 atom stereocenters. The van der Waals surface area contributed by atoms with Gasteiger partial charge in [-0.25, -0.2) is 8.42 Å². The summed E-state index contributed by atoms with van der Waals surface area (Å²) in [6.45, 7) is 3.49. The zero-order valence-electron chi connectivity index (χ0n) is 11.5. The van der Waals surface area contributed by atoms with E-state index in [2.05, 4.69) is 13.5 Å². The van der Waals surface area contributed by atoms with Gasteiger partial charge in [0.2, 0.25) is 10.0 Å². The number of aliphatic carboxylic acids is 1. The summed E-state index contributed by atoms with van der Waals surface area (Å²) < 4.78 is 35.1. The van der Waals surface area contributed by atoms with Crippen LogP contribution in [0.1, 0.15) is 20.3 Å². The lowest BCUT2D eigenvalue weighted by atomic mass is 10.0. The van der Waals surface area contributed by atoms with Gasteiger partial charge in [-0.15, -0.1) is 0 Å². The van der Waals surface area contributed by atoms with Crippen molar-refractivity contribution in [3.63, 3.8) is 0 Å². The van der Waals surface area contributed by atoms with Gasteiger partial charge in [0.1, 0.15) is 22.0 Å². The van der Waals surface area contributed by atoms with Crippen LogP contribution in [0.4, 0.5) is 0 Å². The first-order valence-electron chi connectivity index (χ1n) is 6.33. The molecule has 114 valence electrons. The van der Waals surface area contributed by atoms with Gasteiger partial charge >= 0.3 is 5.97 Å².